The van der Waals surface area contributed by atoms with E-state index in [2.05, 4.69) is 104 Å². The first-order valence-electron chi connectivity index (χ1n) is 30.0. The van der Waals surface area contributed by atoms with Crippen LogP contribution in [0.2, 0.25) is 0 Å². The zero-order valence-corrected chi connectivity index (χ0v) is 48.8. The lowest BCUT2D eigenvalue weighted by Crippen LogP contribution is -2.51. The Morgan fingerprint density at radius 2 is 0.863 bits per heavy atom. The molecule has 0 fully saturated rings. The molecule has 1 amide bonds. The number of allylic oxidation sites excluding steroid dienone is 14. The molecule has 0 aliphatic carbocycles. The van der Waals surface area contributed by atoms with Gasteiger partial charge < -0.3 is 34.0 Å². The number of quaternary nitrogens is 1. The fourth-order valence-corrected chi connectivity index (χ4v) is 9.25. The molecule has 4 unspecified atom stereocenters. The van der Waals surface area contributed by atoms with Gasteiger partial charge in [0.1, 0.15) is 19.3 Å². The molecule has 9 nitrogen and oxygen atoms in total. The second kappa shape index (κ2) is 53.1. The van der Waals surface area contributed by atoms with E-state index in [0.29, 0.717) is 23.9 Å². The van der Waals surface area contributed by atoms with Crippen molar-refractivity contribution in [2.75, 3.05) is 40.9 Å². The van der Waals surface area contributed by atoms with Crippen LogP contribution in [-0.2, 0) is 18.4 Å². The Hall–Kier alpha value is -2.36. The van der Waals surface area contributed by atoms with E-state index in [1.165, 1.54) is 135 Å². The largest absolute Gasteiger partial charge is 0.756 e. The van der Waals surface area contributed by atoms with E-state index in [1.54, 1.807) is 0 Å². The van der Waals surface area contributed by atoms with Crippen LogP contribution in [0.25, 0.3) is 0 Å². The molecule has 0 aliphatic rings. The molecule has 0 heterocycles. The first-order valence-corrected chi connectivity index (χ1v) is 31.5. The number of carbonyl (C=O) groups excluding carboxylic acids is 1. The average Bonchev–Trinajstić information content (AvgIpc) is 3.35. The van der Waals surface area contributed by atoms with Crippen LogP contribution in [0.1, 0.15) is 251 Å². The van der Waals surface area contributed by atoms with Gasteiger partial charge in [0.05, 0.1) is 39.9 Å². The summed E-state index contributed by atoms with van der Waals surface area (Å²) >= 11 is 0. The highest BCUT2D eigenvalue weighted by Crippen LogP contribution is 2.38. The van der Waals surface area contributed by atoms with Crippen molar-refractivity contribution in [1.82, 2.24) is 5.32 Å². The summed E-state index contributed by atoms with van der Waals surface area (Å²) in [6.45, 7) is 4.33. The molecule has 0 saturated heterocycles. The third-order valence-electron chi connectivity index (χ3n) is 13.2. The quantitative estimate of drug-likeness (QED) is 0.0240. The molecule has 0 spiro atoms. The number of amides is 1. The summed E-state index contributed by atoms with van der Waals surface area (Å²) in [6, 6.07) is -1.08. The number of likely N-dealkylation sites (N-methyl/N-ethyl adjacent to an activating group) is 1. The normalized spacial score (nSPS) is 14.9. The van der Waals surface area contributed by atoms with Crippen LogP contribution in [0, 0.1) is 0 Å². The lowest BCUT2D eigenvalue weighted by Gasteiger charge is -2.31. The predicted octanol–water partition coefficient (Wildman–Crippen LogP) is 16.8. The van der Waals surface area contributed by atoms with Gasteiger partial charge in [0.15, 0.2) is 0 Å². The maximum absolute atomic E-state index is 13.0. The second-order valence-corrected chi connectivity index (χ2v) is 22.9. The maximum Gasteiger partial charge on any atom is 0.268 e. The number of nitrogens with one attached hydrogen (secondary N) is 1. The average molecular weight is 1040 g/mol. The zero-order chi connectivity index (χ0) is 53.6. The number of nitrogens with zero attached hydrogens (tertiary/aromatic N) is 1. The highest BCUT2D eigenvalue weighted by atomic mass is 31.2. The highest BCUT2D eigenvalue weighted by Gasteiger charge is 2.29. The Balaban J connectivity index is 4.07. The fourth-order valence-electron chi connectivity index (χ4n) is 8.53. The molecule has 0 aromatic carbocycles. The lowest BCUT2D eigenvalue weighted by atomic mass is 9.99. The van der Waals surface area contributed by atoms with Gasteiger partial charge >= 0.3 is 0 Å². The van der Waals surface area contributed by atoms with Crippen molar-refractivity contribution in [3.63, 3.8) is 0 Å². The number of hydrogen-bond acceptors (Lipinski definition) is 7. The molecule has 0 saturated carbocycles. The standard InChI is InChI=1S/C63H115N2O7P/c1-6-8-10-12-14-16-18-20-21-22-23-24-25-26-27-28-29-30-31-32-33-34-35-36-37-38-39-40-41-42-43-44-46-48-50-52-54-56-62(67)64-60(59-72-73(69,70)71-58-57-65(3,4)5)63(68)61(66)55-53-51-49-47-45-19-17-15-13-11-9-7-2/h8,10,14,16,20-21,23-24,26-27,29-30,32-33,60-61,63,66,68H,6-7,9,11-13,15,17-19,22,25,28,31,34-59H2,1-5H3,(H-,64,67,69,70)/b10-8-,16-14-,21-20-,24-23-,27-26-,30-29-,33-32-. The van der Waals surface area contributed by atoms with Crippen molar-refractivity contribution in [1.29, 1.82) is 0 Å². The van der Waals surface area contributed by atoms with Gasteiger partial charge in [-0.2, -0.15) is 0 Å². The second-order valence-electron chi connectivity index (χ2n) is 21.5. The van der Waals surface area contributed by atoms with Crippen molar-refractivity contribution in [3.05, 3.63) is 85.1 Å². The fraction of sp³-hybridized carbons (Fsp3) is 0.762. The number of hydrogen-bond donors (Lipinski definition) is 3. The first-order chi connectivity index (χ1) is 35.4. The molecular formula is C63H115N2O7P. The predicted molar refractivity (Wildman–Crippen MR) is 313 cm³/mol. The van der Waals surface area contributed by atoms with Crippen LogP contribution in [0.3, 0.4) is 0 Å². The monoisotopic (exact) mass is 1040 g/mol. The van der Waals surface area contributed by atoms with Gasteiger partial charge in [-0.05, 0) is 70.6 Å². The molecule has 0 aromatic rings. The molecule has 4 atom stereocenters. The topological polar surface area (TPSA) is 128 Å². The number of aliphatic hydroxyl groups is 2. The summed E-state index contributed by atoms with van der Waals surface area (Å²) in [7, 11) is 1.12. The maximum atomic E-state index is 13.0. The van der Waals surface area contributed by atoms with Crippen molar-refractivity contribution in [3.8, 4) is 0 Å². The van der Waals surface area contributed by atoms with Crippen molar-refractivity contribution < 1.29 is 38.0 Å². The summed E-state index contributed by atoms with van der Waals surface area (Å²) in [5.74, 6) is -0.280. The van der Waals surface area contributed by atoms with Crippen LogP contribution < -0.4 is 10.2 Å². The Kier molecular flexibility index (Phi) is 51.3. The number of rotatable bonds is 54. The van der Waals surface area contributed by atoms with Crippen molar-refractivity contribution in [2.45, 2.75) is 270 Å². The molecule has 3 N–H and O–H groups in total. The van der Waals surface area contributed by atoms with Crippen LogP contribution >= 0.6 is 7.82 Å². The Labute approximate surface area is 450 Å². The van der Waals surface area contributed by atoms with Gasteiger partial charge in [0.2, 0.25) is 5.91 Å². The number of phosphoric acid groups is 1. The molecular weight excluding hydrogens is 928 g/mol. The molecule has 0 aromatic heterocycles. The van der Waals surface area contributed by atoms with Crippen molar-refractivity contribution >= 4 is 13.7 Å². The van der Waals surface area contributed by atoms with Gasteiger partial charge in [0.25, 0.3) is 7.82 Å². The highest BCUT2D eigenvalue weighted by molar-refractivity contribution is 7.45. The van der Waals surface area contributed by atoms with E-state index < -0.39 is 32.7 Å². The molecule has 0 bridgehead atoms. The first kappa shape index (κ1) is 70.6. The van der Waals surface area contributed by atoms with E-state index in [-0.39, 0.29) is 18.9 Å². The van der Waals surface area contributed by atoms with Gasteiger partial charge in [-0.25, -0.2) is 0 Å². The Bertz CT molecular complexity index is 1480. The third-order valence-corrected chi connectivity index (χ3v) is 14.2. The summed E-state index contributed by atoms with van der Waals surface area (Å²) in [5.41, 5.74) is 0. The number of phosphoric ester groups is 1. The number of unbranched alkanes of at least 4 members (excludes halogenated alkanes) is 26. The molecule has 10 heteroatoms. The Morgan fingerprint density at radius 1 is 0.507 bits per heavy atom. The van der Waals surface area contributed by atoms with Crippen LogP contribution in [0.15, 0.2) is 85.1 Å². The minimum atomic E-state index is -4.67. The van der Waals surface area contributed by atoms with E-state index >= 15 is 0 Å². The minimum absolute atomic E-state index is 0.0426. The van der Waals surface area contributed by atoms with E-state index in [9.17, 15) is 24.5 Å². The van der Waals surface area contributed by atoms with Gasteiger partial charge in [-0.15, -0.1) is 0 Å². The van der Waals surface area contributed by atoms with E-state index in [0.717, 1.165) is 83.5 Å². The lowest BCUT2D eigenvalue weighted by molar-refractivity contribution is -0.870. The summed E-state index contributed by atoms with van der Waals surface area (Å²) < 4.78 is 23.3. The Morgan fingerprint density at radius 3 is 1.26 bits per heavy atom. The molecule has 0 aliphatic heterocycles. The van der Waals surface area contributed by atoms with Gasteiger partial charge in [-0.1, -0.05) is 259 Å². The molecule has 73 heavy (non-hydrogen) atoms. The zero-order valence-electron chi connectivity index (χ0n) is 47.9. The van der Waals surface area contributed by atoms with Crippen LogP contribution in [-0.4, -0.2) is 79.8 Å². The minimum Gasteiger partial charge on any atom is -0.756 e. The third kappa shape index (κ3) is 54.2. The summed E-state index contributed by atoms with van der Waals surface area (Å²) in [5, 5.41) is 24.8. The summed E-state index contributed by atoms with van der Waals surface area (Å²) in [4.78, 5) is 25.5. The number of carbonyl (C=O) groups is 1. The molecule has 0 radical (unpaired) electrons. The van der Waals surface area contributed by atoms with E-state index in [4.69, 9.17) is 9.05 Å². The van der Waals surface area contributed by atoms with E-state index in [1.807, 2.05) is 21.1 Å². The number of aliphatic hydroxyl groups excluding tert-OH is 2. The van der Waals surface area contributed by atoms with Crippen molar-refractivity contribution in [2.24, 2.45) is 0 Å². The van der Waals surface area contributed by atoms with Gasteiger partial charge in [0, 0.05) is 6.42 Å². The SMILES string of the molecule is CC/C=C\C/C=C\C/C=C\C/C=C\C/C=C\C/C=C\C/C=C\CCCCCCCCCCCCCCCCCC(=O)NC(COP(=O)([O-])OCC[N+](C)(C)C)C(O)C(O)CCCCCCCCCCCCCC. The summed E-state index contributed by atoms with van der Waals surface area (Å²) in [6.07, 6.45) is 70.8. The molecule has 424 valence electrons. The smallest absolute Gasteiger partial charge is 0.268 e. The van der Waals surface area contributed by atoms with Crippen LogP contribution in [0.4, 0.5) is 0 Å². The van der Waals surface area contributed by atoms with Gasteiger partial charge in [-0.3, -0.25) is 9.36 Å². The molecule has 0 rings (SSSR count). The van der Waals surface area contributed by atoms with Crippen LogP contribution in [0.5, 0.6) is 0 Å².